The van der Waals surface area contributed by atoms with Crippen molar-refractivity contribution < 1.29 is 0 Å². The maximum Gasteiger partial charge on any atom is 0.0598 e. The highest BCUT2D eigenvalue weighted by molar-refractivity contribution is 7.10. The largest absolute Gasteiger partial charge is 0.326 e. The van der Waals surface area contributed by atoms with Crippen LogP contribution in [0.3, 0.4) is 0 Å². The summed E-state index contributed by atoms with van der Waals surface area (Å²) in [6, 6.07) is 7.67. The number of rotatable bonds is 2. The zero-order valence-electron chi connectivity index (χ0n) is 7.84. The highest BCUT2D eigenvalue weighted by atomic mass is 35.5. The van der Waals surface area contributed by atoms with Crippen LogP contribution in [0.1, 0.15) is 4.88 Å². The second-order valence-corrected chi connectivity index (χ2v) is 4.91. The molecule has 0 fully saturated rings. The standard InChI is InChI=1S/C11H9Cl2NS/c12-9-2-1-7(5-10(9)13)8-3-4-15-11(8)6-14/h1-5H,6,14H2. The van der Waals surface area contributed by atoms with Crippen LogP contribution in [0.2, 0.25) is 10.0 Å². The molecule has 0 amide bonds. The molecule has 1 aromatic heterocycles. The number of hydrogen-bond acceptors (Lipinski definition) is 2. The van der Waals surface area contributed by atoms with Crippen molar-refractivity contribution in [2.75, 3.05) is 0 Å². The molecule has 0 unspecified atom stereocenters. The molecule has 0 radical (unpaired) electrons. The van der Waals surface area contributed by atoms with Crippen molar-refractivity contribution >= 4 is 34.5 Å². The molecule has 2 rings (SSSR count). The van der Waals surface area contributed by atoms with E-state index in [0.29, 0.717) is 16.6 Å². The Balaban J connectivity index is 2.50. The maximum absolute atomic E-state index is 5.97. The predicted octanol–water partition coefficient (Wildman–Crippen LogP) is 4.18. The fraction of sp³-hybridized carbons (Fsp3) is 0.0909. The SMILES string of the molecule is NCc1sccc1-c1ccc(Cl)c(Cl)c1. The van der Waals surface area contributed by atoms with E-state index in [4.69, 9.17) is 28.9 Å². The van der Waals surface area contributed by atoms with Gasteiger partial charge in [-0.3, -0.25) is 0 Å². The van der Waals surface area contributed by atoms with Crippen LogP contribution in [0.25, 0.3) is 11.1 Å². The van der Waals surface area contributed by atoms with Crippen LogP contribution < -0.4 is 5.73 Å². The average molecular weight is 258 g/mol. The molecule has 1 aromatic carbocycles. The van der Waals surface area contributed by atoms with E-state index in [-0.39, 0.29) is 0 Å². The summed E-state index contributed by atoms with van der Waals surface area (Å²) in [5, 5.41) is 3.17. The second kappa shape index (κ2) is 4.54. The van der Waals surface area contributed by atoms with E-state index >= 15 is 0 Å². The van der Waals surface area contributed by atoms with Gasteiger partial charge >= 0.3 is 0 Å². The highest BCUT2D eigenvalue weighted by Crippen LogP contribution is 2.32. The molecular formula is C11H9Cl2NS. The molecule has 2 N–H and O–H groups in total. The Kier molecular flexibility index (Phi) is 3.32. The lowest BCUT2D eigenvalue weighted by Gasteiger charge is -2.03. The van der Waals surface area contributed by atoms with Crippen molar-refractivity contribution in [3.05, 3.63) is 44.6 Å². The Morgan fingerprint density at radius 1 is 1.13 bits per heavy atom. The zero-order chi connectivity index (χ0) is 10.8. The third kappa shape index (κ3) is 2.18. The first-order valence-corrected chi connectivity index (χ1v) is 6.08. The second-order valence-electron chi connectivity index (χ2n) is 3.09. The lowest BCUT2D eigenvalue weighted by Crippen LogP contribution is -1.94. The molecule has 0 bridgehead atoms. The summed E-state index contributed by atoms with van der Waals surface area (Å²) >= 11 is 13.5. The van der Waals surface area contributed by atoms with Gasteiger partial charge in [0.1, 0.15) is 0 Å². The van der Waals surface area contributed by atoms with Crippen LogP contribution >= 0.6 is 34.5 Å². The summed E-state index contributed by atoms with van der Waals surface area (Å²) in [6.07, 6.45) is 0. The summed E-state index contributed by atoms with van der Waals surface area (Å²) in [4.78, 5) is 1.16. The van der Waals surface area contributed by atoms with Crippen molar-refractivity contribution in [3.8, 4) is 11.1 Å². The molecule has 2 aromatic rings. The smallest absolute Gasteiger partial charge is 0.0598 e. The first-order valence-electron chi connectivity index (χ1n) is 4.44. The van der Waals surface area contributed by atoms with Crippen LogP contribution in [0.5, 0.6) is 0 Å². The van der Waals surface area contributed by atoms with E-state index < -0.39 is 0 Å². The minimum atomic E-state index is 0.549. The molecule has 0 aliphatic rings. The number of halogens is 2. The van der Waals surface area contributed by atoms with Crippen molar-refractivity contribution in [1.29, 1.82) is 0 Å². The highest BCUT2D eigenvalue weighted by Gasteiger charge is 2.07. The van der Waals surface area contributed by atoms with Crippen molar-refractivity contribution in [2.45, 2.75) is 6.54 Å². The minimum absolute atomic E-state index is 0.549. The quantitative estimate of drug-likeness (QED) is 0.859. The van der Waals surface area contributed by atoms with Gasteiger partial charge < -0.3 is 5.73 Å². The van der Waals surface area contributed by atoms with Crippen molar-refractivity contribution in [1.82, 2.24) is 0 Å². The summed E-state index contributed by atoms with van der Waals surface area (Å²) in [5.74, 6) is 0. The van der Waals surface area contributed by atoms with Gasteiger partial charge in [-0.15, -0.1) is 11.3 Å². The van der Waals surface area contributed by atoms with E-state index in [1.807, 2.05) is 23.6 Å². The van der Waals surface area contributed by atoms with E-state index in [0.717, 1.165) is 16.0 Å². The Labute approximate surface area is 102 Å². The summed E-state index contributed by atoms with van der Waals surface area (Å²) in [5.41, 5.74) is 7.85. The van der Waals surface area contributed by atoms with Crippen LogP contribution in [-0.2, 0) is 6.54 Å². The number of hydrogen-bond donors (Lipinski definition) is 1. The molecule has 0 spiro atoms. The third-order valence-electron chi connectivity index (χ3n) is 2.16. The lowest BCUT2D eigenvalue weighted by molar-refractivity contribution is 1.11. The zero-order valence-corrected chi connectivity index (χ0v) is 10.2. The predicted molar refractivity (Wildman–Crippen MR) is 67.7 cm³/mol. The first-order chi connectivity index (χ1) is 7.22. The molecule has 15 heavy (non-hydrogen) atoms. The molecule has 0 saturated heterocycles. The Bertz CT molecular complexity index is 479. The molecule has 1 nitrogen and oxygen atoms in total. The average Bonchev–Trinajstić information content (AvgIpc) is 2.70. The van der Waals surface area contributed by atoms with E-state index in [1.54, 1.807) is 17.4 Å². The molecule has 0 atom stereocenters. The van der Waals surface area contributed by atoms with Gasteiger partial charge in [0.05, 0.1) is 10.0 Å². The van der Waals surface area contributed by atoms with Gasteiger partial charge in [0.15, 0.2) is 0 Å². The maximum atomic E-state index is 5.97. The Morgan fingerprint density at radius 3 is 2.60 bits per heavy atom. The van der Waals surface area contributed by atoms with Crippen LogP contribution in [0.15, 0.2) is 29.6 Å². The van der Waals surface area contributed by atoms with Crippen LogP contribution in [0.4, 0.5) is 0 Å². The molecule has 1 heterocycles. The van der Waals surface area contributed by atoms with Gasteiger partial charge in [0.25, 0.3) is 0 Å². The third-order valence-corrected chi connectivity index (χ3v) is 3.84. The normalized spacial score (nSPS) is 10.6. The molecule has 0 aliphatic carbocycles. The topological polar surface area (TPSA) is 26.0 Å². The summed E-state index contributed by atoms with van der Waals surface area (Å²) < 4.78 is 0. The first kappa shape index (κ1) is 11.0. The van der Waals surface area contributed by atoms with Gasteiger partial charge in [-0.05, 0) is 34.7 Å². The number of benzene rings is 1. The number of nitrogens with two attached hydrogens (primary N) is 1. The van der Waals surface area contributed by atoms with Crippen LogP contribution in [0, 0.1) is 0 Å². The summed E-state index contributed by atoms with van der Waals surface area (Å²) in [7, 11) is 0. The fourth-order valence-corrected chi connectivity index (χ4v) is 2.50. The lowest BCUT2D eigenvalue weighted by atomic mass is 10.1. The molecule has 4 heteroatoms. The summed E-state index contributed by atoms with van der Waals surface area (Å²) in [6.45, 7) is 0.549. The van der Waals surface area contributed by atoms with Gasteiger partial charge in [-0.1, -0.05) is 29.3 Å². The minimum Gasteiger partial charge on any atom is -0.326 e. The van der Waals surface area contributed by atoms with Gasteiger partial charge in [0, 0.05) is 11.4 Å². The van der Waals surface area contributed by atoms with Crippen molar-refractivity contribution in [3.63, 3.8) is 0 Å². The van der Waals surface area contributed by atoms with Gasteiger partial charge in [0.2, 0.25) is 0 Å². The van der Waals surface area contributed by atoms with Gasteiger partial charge in [-0.25, -0.2) is 0 Å². The van der Waals surface area contributed by atoms with E-state index in [2.05, 4.69) is 0 Å². The number of thiophene rings is 1. The van der Waals surface area contributed by atoms with Crippen molar-refractivity contribution in [2.24, 2.45) is 5.73 Å². The van der Waals surface area contributed by atoms with E-state index in [1.165, 1.54) is 0 Å². The molecular weight excluding hydrogens is 249 g/mol. The van der Waals surface area contributed by atoms with Crippen LogP contribution in [-0.4, -0.2) is 0 Å². The molecule has 0 saturated carbocycles. The monoisotopic (exact) mass is 257 g/mol. The Hall–Kier alpha value is -0.540. The van der Waals surface area contributed by atoms with E-state index in [9.17, 15) is 0 Å². The fourth-order valence-electron chi connectivity index (χ4n) is 1.42. The molecule has 78 valence electrons. The van der Waals surface area contributed by atoms with Gasteiger partial charge in [-0.2, -0.15) is 0 Å². The Morgan fingerprint density at radius 2 is 1.93 bits per heavy atom. The molecule has 0 aliphatic heterocycles.